The molecule has 0 aliphatic carbocycles. The zero-order valence-electron chi connectivity index (χ0n) is 15.1. The lowest BCUT2D eigenvalue weighted by molar-refractivity contribution is 0.0169. The number of benzene rings is 1. The summed E-state index contributed by atoms with van der Waals surface area (Å²) in [5.74, 6) is 2.43. The van der Waals surface area contributed by atoms with Gasteiger partial charge in [0.1, 0.15) is 0 Å². The summed E-state index contributed by atoms with van der Waals surface area (Å²) in [5, 5.41) is 5.25. The van der Waals surface area contributed by atoms with E-state index in [9.17, 15) is 4.79 Å². The van der Waals surface area contributed by atoms with Crippen LogP contribution < -0.4 is 5.32 Å². The average Bonchev–Trinajstić information content (AvgIpc) is 3.43. The predicted octanol–water partition coefficient (Wildman–Crippen LogP) is 4.03. The van der Waals surface area contributed by atoms with E-state index >= 15 is 0 Å². The topological polar surface area (TPSA) is 41.6 Å². The van der Waals surface area contributed by atoms with E-state index in [-0.39, 0.29) is 11.9 Å². The number of thiophene rings is 1. The summed E-state index contributed by atoms with van der Waals surface area (Å²) < 4.78 is 6.01. The second kappa shape index (κ2) is 9.47. The molecular weight excluding hydrogens is 396 g/mol. The minimum atomic E-state index is 0.00286. The molecule has 4 nitrogen and oxygen atoms in total. The van der Waals surface area contributed by atoms with Crippen molar-refractivity contribution in [3.8, 4) is 0 Å². The van der Waals surface area contributed by atoms with E-state index in [1.165, 1.54) is 21.9 Å². The van der Waals surface area contributed by atoms with Gasteiger partial charge in [0.2, 0.25) is 0 Å². The largest absolute Gasteiger partial charge is 0.379 e. The van der Waals surface area contributed by atoms with E-state index in [4.69, 9.17) is 4.74 Å². The van der Waals surface area contributed by atoms with Crippen LogP contribution in [-0.4, -0.2) is 55.2 Å². The summed E-state index contributed by atoms with van der Waals surface area (Å²) in [5.41, 5.74) is 2.04. The maximum atomic E-state index is 12.7. The molecule has 0 spiro atoms. The first-order valence-electron chi connectivity index (χ1n) is 9.28. The van der Waals surface area contributed by atoms with Gasteiger partial charge in [-0.3, -0.25) is 9.69 Å². The van der Waals surface area contributed by atoms with Gasteiger partial charge in [-0.15, -0.1) is 34.9 Å². The lowest BCUT2D eigenvalue weighted by Gasteiger charge is -2.34. The van der Waals surface area contributed by atoms with Crippen LogP contribution in [0.2, 0.25) is 0 Å². The summed E-state index contributed by atoms with van der Waals surface area (Å²) in [6.45, 7) is 3.95. The van der Waals surface area contributed by atoms with Crippen molar-refractivity contribution in [3.63, 3.8) is 0 Å². The van der Waals surface area contributed by atoms with Gasteiger partial charge in [-0.2, -0.15) is 0 Å². The molecule has 1 aromatic carbocycles. The summed E-state index contributed by atoms with van der Waals surface area (Å²) in [4.78, 5) is 16.4. The summed E-state index contributed by atoms with van der Waals surface area (Å²) in [6.07, 6.45) is 0. The highest BCUT2D eigenvalue weighted by Crippen LogP contribution is 2.45. The van der Waals surface area contributed by atoms with E-state index in [1.54, 1.807) is 11.3 Å². The number of thioether (sulfide) groups is 2. The molecule has 144 valence electrons. The maximum Gasteiger partial charge on any atom is 0.251 e. The van der Waals surface area contributed by atoms with Crippen molar-refractivity contribution in [2.75, 3.05) is 44.4 Å². The van der Waals surface area contributed by atoms with E-state index in [0.717, 1.165) is 31.9 Å². The molecule has 1 atom stereocenters. The number of morpholine rings is 1. The van der Waals surface area contributed by atoms with Crippen LogP contribution in [0.3, 0.4) is 0 Å². The van der Waals surface area contributed by atoms with Gasteiger partial charge in [-0.25, -0.2) is 0 Å². The van der Waals surface area contributed by atoms with Gasteiger partial charge in [0.05, 0.1) is 23.8 Å². The molecule has 4 rings (SSSR count). The van der Waals surface area contributed by atoms with Crippen molar-refractivity contribution in [2.45, 2.75) is 10.6 Å². The Balaban J connectivity index is 1.38. The second-order valence-electron chi connectivity index (χ2n) is 6.59. The highest BCUT2D eigenvalue weighted by Gasteiger charge is 2.24. The first kappa shape index (κ1) is 19.3. The monoisotopic (exact) mass is 420 g/mol. The van der Waals surface area contributed by atoms with Crippen molar-refractivity contribution in [3.05, 3.63) is 57.8 Å². The molecule has 2 aliphatic rings. The molecule has 0 radical (unpaired) electrons. The van der Waals surface area contributed by atoms with Crippen LogP contribution in [0.1, 0.15) is 31.4 Å². The van der Waals surface area contributed by atoms with Gasteiger partial charge in [-0.05, 0) is 29.1 Å². The van der Waals surface area contributed by atoms with Gasteiger partial charge < -0.3 is 10.1 Å². The van der Waals surface area contributed by atoms with Gasteiger partial charge >= 0.3 is 0 Å². The van der Waals surface area contributed by atoms with Crippen molar-refractivity contribution < 1.29 is 9.53 Å². The van der Waals surface area contributed by atoms with Gasteiger partial charge in [-0.1, -0.05) is 18.2 Å². The van der Waals surface area contributed by atoms with Gasteiger partial charge in [0, 0.05) is 41.6 Å². The molecule has 0 unspecified atom stereocenters. The molecule has 1 amide bonds. The van der Waals surface area contributed by atoms with Gasteiger partial charge in [0.15, 0.2) is 0 Å². The molecule has 2 fully saturated rings. The Morgan fingerprint density at radius 3 is 2.56 bits per heavy atom. The number of nitrogens with one attached hydrogen (secondary N) is 1. The Morgan fingerprint density at radius 1 is 1.15 bits per heavy atom. The number of ether oxygens (including phenoxy) is 1. The van der Waals surface area contributed by atoms with Crippen molar-refractivity contribution in [1.82, 2.24) is 10.2 Å². The molecule has 1 N–H and O–H groups in total. The number of rotatable bonds is 6. The SMILES string of the molecule is O=C(NC[C@H](c1cccs1)N1CCOCC1)c1ccc(C2SCCS2)cc1. The van der Waals surface area contributed by atoms with Crippen LogP contribution in [0.25, 0.3) is 0 Å². The molecule has 0 saturated carbocycles. The number of nitrogens with zero attached hydrogens (tertiary/aromatic N) is 1. The van der Waals surface area contributed by atoms with E-state index in [0.29, 0.717) is 11.1 Å². The third-order valence-corrected chi connectivity index (χ3v) is 8.96. The summed E-state index contributed by atoms with van der Waals surface area (Å²) in [7, 11) is 0. The van der Waals surface area contributed by atoms with Crippen LogP contribution in [0.4, 0.5) is 0 Å². The fourth-order valence-corrected chi connectivity index (χ4v) is 7.13. The molecule has 27 heavy (non-hydrogen) atoms. The molecule has 2 aliphatic heterocycles. The smallest absolute Gasteiger partial charge is 0.251 e. The molecule has 3 heterocycles. The minimum absolute atomic E-state index is 0.00286. The van der Waals surface area contributed by atoms with Gasteiger partial charge in [0.25, 0.3) is 5.91 Å². The normalized spacial score (nSPS) is 19.9. The van der Waals surface area contributed by atoms with Crippen molar-refractivity contribution >= 4 is 40.8 Å². The van der Waals surface area contributed by atoms with Crippen LogP contribution in [0.15, 0.2) is 41.8 Å². The third kappa shape index (κ3) is 4.90. The molecule has 7 heteroatoms. The first-order valence-corrected chi connectivity index (χ1v) is 12.3. The van der Waals surface area contributed by atoms with Crippen LogP contribution in [0, 0.1) is 0 Å². The molecule has 0 bridgehead atoms. The standard InChI is InChI=1S/C20H24N2O2S3/c23-19(15-3-5-16(6-4-15)20-26-12-13-27-20)21-14-17(18-2-1-11-25-18)22-7-9-24-10-8-22/h1-6,11,17,20H,7-10,12-14H2,(H,21,23)/t17-/m1/s1. The van der Waals surface area contributed by atoms with Crippen LogP contribution in [-0.2, 0) is 4.74 Å². The fourth-order valence-electron chi connectivity index (χ4n) is 3.41. The summed E-state index contributed by atoms with van der Waals surface area (Å²) in [6, 6.07) is 12.6. The molecular formula is C20H24N2O2S3. The second-order valence-corrected chi connectivity index (χ2v) is 10.3. The minimum Gasteiger partial charge on any atom is -0.379 e. The number of hydrogen-bond acceptors (Lipinski definition) is 6. The zero-order chi connectivity index (χ0) is 18.5. The molecule has 2 aromatic rings. The highest BCUT2D eigenvalue weighted by molar-refractivity contribution is 8.19. The number of amides is 1. The van der Waals surface area contributed by atoms with E-state index in [2.05, 4.69) is 39.9 Å². The zero-order valence-corrected chi connectivity index (χ0v) is 17.6. The summed E-state index contributed by atoms with van der Waals surface area (Å²) >= 11 is 5.72. The predicted molar refractivity (Wildman–Crippen MR) is 116 cm³/mol. The molecule has 2 saturated heterocycles. The Hall–Kier alpha value is -0.990. The van der Waals surface area contributed by atoms with Crippen molar-refractivity contribution in [1.29, 1.82) is 0 Å². The van der Waals surface area contributed by atoms with Crippen LogP contribution in [0.5, 0.6) is 0 Å². The molecule has 1 aromatic heterocycles. The lowest BCUT2D eigenvalue weighted by atomic mass is 10.1. The van der Waals surface area contributed by atoms with E-state index < -0.39 is 0 Å². The quantitative estimate of drug-likeness (QED) is 0.764. The average molecular weight is 421 g/mol. The highest BCUT2D eigenvalue weighted by atomic mass is 32.2. The van der Waals surface area contributed by atoms with Crippen molar-refractivity contribution in [2.24, 2.45) is 0 Å². The Bertz CT molecular complexity index is 724. The Morgan fingerprint density at radius 2 is 1.89 bits per heavy atom. The fraction of sp³-hybridized carbons (Fsp3) is 0.450. The number of carbonyl (C=O) groups is 1. The third-order valence-electron chi connectivity index (χ3n) is 4.88. The first-order chi connectivity index (χ1) is 13.3. The maximum absolute atomic E-state index is 12.7. The Kier molecular flexibility index (Phi) is 6.78. The Labute approximate surface area is 173 Å². The number of hydrogen-bond donors (Lipinski definition) is 1. The van der Waals surface area contributed by atoms with E-state index in [1.807, 2.05) is 35.7 Å². The number of carbonyl (C=O) groups excluding carboxylic acids is 1. The van der Waals surface area contributed by atoms with Crippen LogP contribution >= 0.6 is 34.9 Å². The lowest BCUT2D eigenvalue weighted by Crippen LogP contribution is -2.43.